The van der Waals surface area contributed by atoms with E-state index in [1.54, 1.807) is 0 Å². The molecule has 0 spiro atoms. The average molecular weight is 492 g/mol. The number of nitrogens with one attached hydrogen (secondary N) is 1. The molecule has 2 aliphatic heterocycles. The van der Waals surface area contributed by atoms with Crippen molar-refractivity contribution in [3.05, 3.63) is 0 Å². The maximum absolute atomic E-state index is 5.55. The number of ether oxygens (including phenoxy) is 1. The van der Waals surface area contributed by atoms with Crippen molar-refractivity contribution in [2.75, 3.05) is 53.0 Å². The lowest BCUT2D eigenvalue weighted by molar-refractivity contribution is 0.0405. The monoisotopic (exact) mass is 492 g/mol. The van der Waals surface area contributed by atoms with Crippen LogP contribution in [-0.4, -0.2) is 74.3 Å². The third-order valence-electron chi connectivity index (χ3n) is 6.59. The number of hydrogen-bond donors (Lipinski definition) is 1. The van der Waals surface area contributed by atoms with Crippen LogP contribution in [0.25, 0.3) is 0 Å². The number of piperidine rings is 1. The molecule has 27 heavy (non-hydrogen) atoms. The predicted octanol–water partition coefficient (Wildman–Crippen LogP) is 3.73. The molecular weight excluding hydrogens is 451 g/mol. The molecule has 0 bridgehead atoms. The first-order chi connectivity index (χ1) is 12.7. The number of aliphatic imine (C=N–C) groups is 1. The minimum atomic E-state index is 0. The quantitative estimate of drug-likeness (QED) is 0.349. The number of guanidine groups is 1. The highest BCUT2D eigenvalue weighted by atomic mass is 127. The van der Waals surface area contributed by atoms with Gasteiger partial charge in [0.15, 0.2) is 5.96 Å². The van der Waals surface area contributed by atoms with Crippen LogP contribution < -0.4 is 5.32 Å². The zero-order chi connectivity index (χ0) is 18.2. The molecule has 158 valence electrons. The van der Waals surface area contributed by atoms with Crippen LogP contribution >= 0.6 is 24.0 Å². The van der Waals surface area contributed by atoms with Crippen LogP contribution in [0.15, 0.2) is 4.99 Å². The third-order valence-corrected chi connectivity index (χ3v) is 6.59. The van der Waals surface area contributed by atoms with Gasteiger partial charge in [-0.1, -0.05) is 25.7 Å². The molecule has 0 radical (unpaired) electrons. The maximum atomic E-state index is 5.55. The Morgan fingerprint density at radius 2 is 1.85 bits per heavy atom. The molecule has 5 nitrogen and oxygen atoms in total. The summed E-state index contributed by atoms with van der Waals surface area (Å²) in [5, 5.41) is 3.53. The number of likely N-dealkylation sites (tertiary alicyclic amines) is 1. The number of hydrogen-bond acceptors (Lipinski definition) is 3. The van der Waals surface area contributed by atoms with E-state index in [4.69, 9.17) is 9.73 Å². The van der Waals surface area contributed by atoms with Crippen molar-refractivity contribution in [1.29, 1.82) is 0 Å². The van der Waals surface area contributed by atoms with Gasteiger partial charge in [-0.3, -0.25) is 9.89 Å². The molecule has 1 N–H and O–H groups in total. The third kappa shape index (κ3) is 6.46. The molecule has 0 aromatic carbocycles. The minimum absolute atomic E-state index is 0. The fourth-order valence-electron chi connectivity index (χ4n) is 5.05. The lowest BCUT2D eigenvalue weighted by atomic mass is 9.79. The number of halogens is 1. The van der Waals surface area contributed by atoms with E-state index in [1.165, 1.54) is 70.9 Å². The van der Waals surface area contributed by atoms with E-state index in [2.05, 4.69) is 29.1 Å². The molecular formula is C21H41IN4O. The fraction of sp³-hybridized carbons (Fsp3) is 0.952. The van der Waals surface area contributed by atoms with Gasteiger partial charge in [0.25, 0.3) is 0 Å². The Balaban J connectivity index is 0.00000261. The second-order valence-corrected chi connectivity index (χ2v) is 8.61. The summed E-state index contributed by atoms with van der Waals surface area (Å²) in [6, 6.07) is 0. The van der Waals surface area contributed by atoms with Crippen molar-refractivity contribution < 1.29 is 4.74 Å². The maximum Gasteiger partial charge on any atom is 0.193 e. The topological polar surface area (TPSA) is 40.1 Å². The Bertz CT molecular complexity index is 441. The summed E-state index contributed by atoms with van der Waals surface area (Å²) in [7, 11) is 2.19. The van der Waals surface area contributed by atoms with Gasteiger partial charge in [-0.15, -0.1) is 24.0 Å². The molecule has 0 aromatic rings. The van der Waals surface area contributed by atoms with Crippen molar-refractivity contribution in [3.63, 3.8) is 0 Å². The molecule has 1 saturated carbocycles. The van der Waals surface area contributed by atoms with Crippen molar-refractivity contribution in [2.45, 2.75) is 70.3 Å². The van der Waals surface area contributed by atoms with Gasteiger partial charge in [0.05, 0.1) is 13.2 Å². The van der Waals surface area contributed by atoms with Gasteiger partial charge in [-0.05, 0) is 52.1 Å². The lowest BCUT2D eigenvalue weighted by Gasteiger charge is -2.47. The highest BCUT2D eigenvalue weighted by molar-refractivity contribution is 14.0. The van der Waals surface area contributed by atoms with E-state index in [1.807, 2.05) is 0 Å². The Labute approximate surface area is 183 Å². The first-order valence-corrected chi connectivity index (χ1v) is 11.1. The molecule has 2 heterocycles. The van der Waals surface area contributed by atoms with Gasteiger partial charge >= 0.3 is 0 Å². The highest BCUT2D eigenvalue weighted by Crippen LogP contribution is 2.36. The Hall–Kier alpha value is -0.0800. The number of nitrogens with zero attached hydrogens (tertiary/aromatic N) is 3. The summed E-state index contributed by atoms with van der Waals surface area (Å²) in [4.78, 5) is 10.3. The van der Waals surface area contributed by atoms with E-state index in [9.17, 15) is 0 Å². The predicted molar refractivity (Wildman–Crippen MR) is 124 cm³/mol. The van der Waals surface area contributed by atoms with Gasteiger partial charge in [0.2, 0.25) is 0 Å². The molecule has 6 heteroatoms. The normalized spacial score (nSPS) is 26.4. The van der Waals surface area contributed by atoms with Crippen LogP contribution in [0.5, 0.6) is 0 Å². The van der Waals surface area contributed by atoms with Crippen LogP contribution in [0.3, 0.4) is 0 Å². The van der Waals surface area contributed by atoms with Gasteiger partial charge in [0.1, 0.15) is 0 Å². The first-order valence-electron chi connectivity index (χ1n) is 11.1. The summed E-state index contributed by atoms with van der Waals surface area (Å²) >= 11 is 0. The second-order valence-electron chi connectivity index (χ2n) is 8.61. The van der Waals surface area contributed by atoms with Crippen LogP contribution in [0, 0.1) is 5.92 Å². The Morgan fingerprint density at radius 3 is 2.48 bits per heavy atom. The molecule has 0 amide bonds. The summed E-state index contributed by atoms with van der Waals surface area (Å²) < 4.78 is 5.55. The first kappa shape index (κ1) is 23.2. The summed E-state index contributed by atoms with van der Waals surface area (Å²) in [5.41, 5.74) is 0.316. The molecule has 2 saturated heterocycles. The second kappa shape index (κ2) is 11.8. The summed E-state index contributed by atoms with van der Waals surface area (Å²) in [6.07, 6.45) is 12.1. The van der Waals surface area contributed by atoms with Crippen LogP contribution in [-0.2, 0) is 4.74 Å². The van der Waals surface area contributed by atoms with Crippen molar-refractivity contribution in [3.8, 4) is 0 Å². The molecule has 3 aliphatic rings. The highest BCUT2D eigenvalue weighted by Gasteiger charge is 2.38. The van der Waals surface area contributed by atoms with E-state index in [0.29, 0.717) is 11.5 Å². The lowest BCUT2D eigenvalue weighted by Crippen LogP contribution is -2.55. The van der Waals surface area contributed by atoms with Crippen LogP contribution in [0.4, 0.5) is 0 Å². The largest absolute Gasteiger partial charge is 0.381 e. The van der Waals surface area contributed by atoms with E-state index < -0.39 is 0 Å². The molecule has 1 unspecified atom stereocenters. The zero-order valence-corrected chi connectivity index (χ0v) is 19.9. The van der Waals surface area contributed by atoms with E-state index in [0.717, 1.165) is 38.8 Å². The van der Waals surface area contributed by atoms with Crippen LogP contribution in [0.1, 0.15) is 64.7 Å². The molecule has 0 aromatic heterocycles. The smallest absolute Gasteiger partial charge is 0.193 e. The van der Waals surface area contributed by atoms with Crippen molar-refractivity contribution >= 4 is 29.9 Å². The van der Waals surface area contributed by atoms with Crippen LogP contribution in [0.2, 0.25) is 0 Å². The van der Waals surface area contributed by atoms with Gasteiger partial charge in [-0.25, -0.2) is 0 Å². The van der Waals surface area contributed by atoms with Crippen molar-refractivity contribution in [2.24, 2.45) is 10.9 Å². The molecule has 3 rings (SSSR count). The molecule has 1 aliphatic carbocycles. The zero-order valence-electron chi connectivity index (χ0n) is 17.5. The Morgan fingerprint density at radius 1 is 1.15 bits per heavy atom. The van der Waals surface area contributed by atoms with Gasteiger partial charge in [-0.2, -0.15) is 0 Å². The minimum Gasteiger partial charge on any atom is -0.381 e. The van der Waals surface area contributed by atoms with E-state index in [-0.39, 0.29) is 24.0 Å². The fourth-order valence-corrected chi connectivity index (χ4v) is 5.05. The standard InChI is InChI=1S/C21H40N4O.HI/c1-3-22-20(24(2)16-19-10-15-26-17-19)23-18-21(11-6-4-7-12-21)25-13-8-5-9-14-25;/h19H,3-18H2,1-2H3,(H,22,23);1H. The average Bonchev–Trinajstić information content (AvgIpc) is 3.19. The van der Waals surface area contributed by atoms with Gasteiger partial charge in [0, 0.05) is 38.2 Å². The van der Waals surface area contributed by atoms with Gasteiger partial charge < -0.3 is 15.0 Å². The Kier molecular flexibility index (Phi) is 10.1. The van der Waals surface area contributed by atoms with Crippen molar-refractivity contribution in [1.82, 2.24) is 15.1 Å². The molecule has 1 atom stereocenters. The molecule has 3 fully saturated rings. The SMILES string of the molecule is CCNC(=NCC1(N2CCCCC2)CCCCC1)N(C)CC1CCOC1.I. The number of rotatable bonds is 6. The summed E-state index contributed by atoms with van der Waals surface area (Å²) in [6.45, 7) is 9.49. The van der Waals surface area contributed by atoms with E-state index >= 15 is 0 Å². The summed E-state index contributed by atoms with van der Waals surface area (Å²) in [5.74, 6) is 1.73.